The van der Waals surface area contributed by atoms with Gasteiger partial charge in [0, 0.05) is 13.0 Å². The molecule has 1 aromatic rings. The van der Waals surface area contributed by atoms with Gasteiger partial charge in [0.2, 0.25) is 11.8 Å². The molecule has 0 radical (unpaired) electrons. The molecule has 96 valence electrons. The van der Waals surface area contributed by atoms with E-state index in [1.165, 1.54) is 7.11 Å². The number of methoxy groups -OCH3 is 1. The average molecular weight is 241 g/mol. The molecule has 0 aliphatic rings. The van der Waals surface area contributed by atoms with Crippen LogP contribution in [0, 0.1) is 0 Å². The normalized spacial score (nSPS) is 12.8. The van der Waals surface area contributed by atoms with E-state index in [4.69, 9.17) is 9.26 Å². The molecular weight excluding hydrogens is 222 g/mol. The Morgan fingerprint density at radius 1 is 1.53 bits per heavy atom. The van der Waals surface area contributed by atoms with E-state index < -0.39 is 0 Å². The molecule has 1 atom stereocenters. The van der Waals surface area contributed by atoms with E-state index in [-0.39, 0.29) is 24.5 Å². The number of carbonyl (C=O) groups is 1. The Balaban J connectivity index is 2.68. The van der Waals surface area contributed by atoms with Gasteiger partial charge in [0.05, 0.1) is 0 Å². The molecule has 0 saturated heterocycles. The van der Waals surface area contributed by atoms with Crippen LogP contribution in [0.2, 0.25) is 0 Å². The van der Waals surface area contributed by atoms with Crippen molar-refractivity contribution >= 4 is 5.91 Å². The fourth-order valence-corrected chi connectivity index (χ4v) is 1.33. The second kappa shape index (κ2) is 6.34. The van der Waals surface area contributed by atoms with Crippen LogP contribution in [-0.2, 0) is 9.53 Å². The van der Waals surface area contributed by atoms with Gasteiger partial charge >= 0.3 is 0 Å². The summed E-state index contributed by atoms with van der Waals surface area (Å²) in [6.07, 6.45) is 0.690. The predicted molar refractivity (Wildman–Crippen MR) is 61.4 cm³/mol. The SMILES string of the molecule is CCC(NC(=O)COC)c1nc(C(C)C)no1. The number of hydrogen-bond acceptors (Lipinski definition) is 5. The van der Waals surface area contributed by atoms with Gasteiger partial charge in [-0.3, -0.25) is 4.79 Å². The Morgan fingerprint density at radius 2 is 2.24 bits per heavy atom. The molecule has 6 nitrogen and oxygen atoms in total. The Morgan fingerprint density at radius 3 is 2.71 bits per heavy atom. The monoisotopic (exact) mass is 241 g/mol. The molecule has 1 rings (SSSR count). The lowest BCUT2D eigenvalue weighted by atomic mass is 10.2. The molecule has 0 bridgehead atoms. The van der Waals surface area contributed by atoms with Crippen molar-refractivity contribution < 1.29 is 14.1 Å². The number of nitrogens with zero attached hydrogens (tertiary/aromatic N) is 2. The highest BCUT2D eigenvalue weighted by molar-refractivity contribution is 5.77. The minimum Gasteiger partial charge on any atom is -0.375 e. The van der Waals surface area contributed by atoms with Crippen LogP contribution in [0.4, 0.5) is 0 Å². The third-order valence-corrected chi connectivity index (χ3v) is 2.29. The van der Waals surface area contributed by atoms with Gasteiger partial charge in [-0.1, -0.05) is 25.9 Å². The Kier molecular flexibility index (Phi) is 5.09. The zero-order valence-corrected chi connectivity index (χ0v) is 10.7. The average Bonchev–Trinajstić information content (AvgIpc) is 2.75. The van der Waals surface area contributed by atoms with E-state index in [9.17, 15) is 4.79 Å². The summed E-state index contributed by atoms with van der Waals surface area (Å²) in [5.41, 5.74) is 0. The van der Waals surface area contributed by atoms with Gasteiger partial charge in [0.15, 0.2) is 5.82 Å². The number of nitrogens with one attached hydrogen (secondary N) is 1. The zero-order chi connectivity index (χ0) is 12.8. The van der Waals surface area contributed by atoms with Crippen molar-refractivity contribution in [2.45, 2.75) is 39.2 Å². The lowest BCUT2D eigenvalue weighted by Gasteiger charge is -2.11. The topological polar surface area (TPSA) is 77.2 Å². The molecule has 0 aliphatic carbocycles. The van der Waals surface area contributed by atoms with Crippen LogP contribution in [0.5, 0.6) is 0 Å². The summed E-state index contributed by atoms with van der Waals surface area (Å²) in [4.78, 5) is 15.7. The van der Waals surface area contributed by atoms with E-state index in [0.29, 0.717) is 18.1 Å². The standard InChI is InChI=1S/C11H19N3O3/c1-5-8(12-9(15)6-16-4)11-13-10(7(2)3)14-17-11/h7-8H,5-6H2,1-4H3,(H,12,15). The summed E-state index contributed by atoms with van der Waals surface area (Å²) >= 11 is 0. The molecule has 1 unspecified atom stereocenters. The molecule has 0 aliphatic heterocycles. The first-order valence-corrected chi connectivity index (χ1v) is 5.70. The van der Waals surface area contributed by atoms with E-state index in [1.807, 2.05) is 20.8 Å². The van der Waals surface area contributed by atoms with Crippen LogP contribution in [0.1, 0.15) is 50.9 Å². The van der Waals surface area contributed by atoms with Crippen molar-refractivity contribution in [3.05, 3.63) is 11.7 Å². The van der Waals surface area contributed by atoms with Crippen molar-refractivity contribution in [1.82, 2.24) is 15.5 Å². The van der Waals surface area contributed by atoms with Gasteiger partial charge in [-0.05, 0) is 6.42 Å². The van der Waals surface area contributed by atoms with Crippen molar-refractivity contribution in [2.75, 3.05) is 13.7 Å². The van der Waals surface area contributed by atoms with Crippen LogP contribution in [-0.4, -0.2) is 29.8 Å². The summed E-state index contributed by atoms with van der Waals surface area (Å²) in [6, 6.07) is -0.252. The summed E-state index contributed by atoms with van der Waals surface area (Å²) in [6.45, 7) is 5.94. The van der Waals surface area contributed by atoms with E-state index in [1.54, 1.807) is 0 Å². The Labute approximate surface area is 101 Å². The molecule has 0 saturated carbocycles. The highest BCUT2D eigenvalue weighted by Crippen LogP contribution is 2.17. The van der Waals surface area contributed by atoms with Gasteiger partial charge in [0.25, 0.3) is 0 Å². The maximum absolute atomic E-state index is 11.4. The Hall–Kier alpha value is -1.43. The first-order chi connectivity index (χ1) is 8.08. The third-order valence-electron chi connectivity index (χ3n) is 2.29. The van der Waals surface area contributed by atoms with Gasteiger partial charge in [0.1, 0.15) is 12.6 Å². The predicted octanol–water partition coefficient (Wildman–Crippen LogP) is 1.41. The third kappa shape index (κ3) is 3.81. The summed E-state index contributed by atoms with van der Waals surface area (Å²) < 4.78 is 9.89. The van der Waals surface area contributed by atoms with Crippen LogP contribution >= 0.6 is 0 Å². The van der Waals surface area contributed by atoms with Gasteiger partial charge in [-0.2, -0.15) is 4.98 Å². The van der Waals surface area contributed by atoms with Crippen LogP contribution in [0.15, 0.2) is 4.52 Å². The maximum atomic E-state index is 11.4. The van der Waals surface area contributed by atoms with Gasteiger partial charge in [-0.25, -0.2) is 0 Å². The Bertz CT molecular complexity index is 363. The fraction of sp³-hybridized carbons (Fsp3) is 0.727. The first-order valence-electron chi connectivity index (χ1n) is 5.70. The van der Waals surface area contributed by atoms with Crippen LogP contribution in [0.3, 0.4) is 0 Å². The van der Waals surface area contributed by atoms with Crippen molar-refractivity contribution in [3.8, 4) is 0 Å². The molecular formula is C11H19N3O3. The minimum absolute atomic E-state index is 0.0294. The molecule has 6 heteroatoms. The number of rotatable bonds is 6. The molecule has 1 heterocycles. The second-order valence-electron chi connectivity index (χ2n) is 4.11. The maximum Gasteiger partial charge on any atom is 0.249 e. The largest absolute Gasteiger partial charge is 0.375 e. The van der Waals surface area contributed by atoms with Crippen molar-refractivity contribution in [3.63, 3.8) is 0 Å². The van der Waals surface area contributed by atoms with Gasteiger partial charge in [-0.15, -0.1) is 0 Å². The number of carbonyl (C=O) groups excluding carboxylic acids is 1. The molecule has 17 heavy (non-hydrogen) atoms. The molecule has 0 spiro atoms. The van der Waals surface area contributed by atoms with E-state index in [0.717, 1.165) is 0 Å². The van der Waals surface area contributed by atoms with E-state index >= 15 is 0 Å². The molecule has 0 aromatic carbocycles. The van der Waals surface area contributed by atoms with Crippen LogP contribution in [0.25, 0.3) is 0 Å². The summed E-state index contributed by atoms with van der Waals surface area (Å²) in [5.74, 6) is 1.11. The highest BCUT2D eigenvalue weighted by Gasteiger charge is 2.20. The molecule has 0 fully saturated rings. The van der Waals surface area contributed by atoms with Gasteiger partial charge < -0.3 is 14.6 Å². The zero-order valence-electron chi connectivity index (χ0n) is 10.7. The minimum atomic E-state index is -0.252. The lowest BCUT2D eigenvalue weighted by molar-refractivity contribution is -0.125. The number of aromatic nitrogens is 2. The quantitative estimate of drug-likeness (QED) is 0.814. The number of ether oxygens (including phenoxy) is 1. The molecule has 1 N–H and O–H groups in total. The van der Waals surface area contributed by atoms with Crippen molar-refractivity contribution in [2.24, 2.45) is 0 Å². The smallest absolute Gasteiger partial charge is 0.249 e. The van der Waals surface area contributed by atoms with Crippen LogP contribution < -0.4 is 5.32 Å². The fourth-order valence-electron chi connectivity index (χ4n) is 1.33. The first kappa shape index (κ1) is 13.6. The second-order valence-corrected chi connectivity index (χ2v) is 4.11. The van der Waals surface area contributed by atoms with Crippen molar-refractivity contribution in [1.29, 1.82) is 0 Å². The molecule has 1 aromatic heterocycles. The highest BCUT2D eigenvalue weighted by atomic mass is 16.5. The summed E-state index contributed by atoms with van der Waals surface area (Å²) in [7, 11) is 1.48. The molecule has 1 amide bonds. The van der Waals surface area contributed by atoms with E-state index in [2.05, 4.69) is 15.5 Å². The number of amides is 1. The number of hydrogen-bond donors (Lipinski definition) is 1. The lowest BCUT2D eigenvalue weighted by Crippen LogP contribution is -2.31. The summed E-state index contributed by atoms with van der Waals surface area (Å²) in [5, 5.41) is 6.65.